The van der Waals surface area contributed by atoms with Gasteiger partial charge in [0, 0.05) is 6.42 Å². The summed E-state index contributed by atoms with van der Waals surface area (Å²) in [5.74, 6) is -0.257. The summed E-state index contributed by atoms with van der Waals surface area (Å²) in [5.41, 5.74) is 1.08. The Hall–Kier alpha value is -1.13. The number of carboxylic acid groups (broad SMARTS) is 1. The molecule has 21 heavy (non-hydrogen) atoms. The maximum Gasteiger partial charge on any atom is 0.303 e. The molecular weight excluding hydrogens is 293 g/mol. The quantitative estimate of drug-likeness (QED) is 0.875. The Morgan fingerprint density at radius 3 is 2.67 bits per heavy atom. The summed E-state index contributed by atoms with van der Waals surface area (Å²) in [7, 11) is 0. The van der Waals surface area contributed by atoms with Crippen LogP contribution in [-0.2, 0) is 11.2 Å². The second kappa shape index (κ2) is 9.00. The van der Waals surface area contributed by atoms with Gasteiger partial charge in [-0.15, -0.1) is 12.4 Å². The molecule has 1 heterocycles. The van der Waals surface area contributed by atoms with Crippen LogP contribution in [0.5, 0.6) is 0 Å². The van der Waals surface area contributed by atoms with Crippen LogP contribution >= 0.6 is 12.4 Å². The van der Waals surface area contributed by atoms with Crippen LogP contribution in [0.15, 0.2) is 24.3 Å². The lowest BCUT2D eigenvalue weighted by atomic mass is 9.90. The third-order valence-electron chi connectivity index (χ3n) is 3.99. The molecule has 118 valence electrons. The Morgan fingerprint density at radius 2 is 2.05 bits per heavy atom. The first-order valence-electron chi connectivity index (χ1n) is 7.32. The number of hydrogen-bond acceptors (Lipinski definition) is 2. The molecule has 0 spiro atoms. The fourth-order valence-electron chi connectivity index (χ4n) is 2.87. The van der Waals surface area contributed by atoms with Gasteiger partial charge in [0.1, 0.15) is 5.82 Å². The van der Waals surface area contributed by atoms with E-state index < -0.39 is 5.97 Å². The van der Waals surface area contributed by atoms with Gasteiger partial charge in [-0.3, -0.25) is 4.79 Å². The lowest BCUT2D eigenvalue weighted by molar-refractivity contribution is -0.137. The minimum absolute atomic E-state index is 0. The van der Waals surface area contributed by atoms with E-state index >= 15 is 0 Å². The molecule has 0 amide bonds. The monoisotopic (exact) mass is 315 g/mol. The second-order valence-corrected chi connectivity index (χ2v) is 5.62. The molecule has 1 aliphatic rings. The Labute approximate surface area is 131 Å². The van der Waals surface area contributed by atoms with Crippen molar-refractivity contribution in [1.82, 2.24) is 4.90 Å². The molecule has 1 N–H and O–H groups in total. The van der Waals surface area contributed by atoms with Crippen molar-refractivity contribution in [1.29, 1.82) is 0 Å². The minimum Gasteiger partial charge on any atom is -0.481 e. The summed E-state index contributed by atoms with van der Waals surface area (Å²) < 4.78 is 13.1. The van der Waals surface area contributed by atoms with Crippen LogP contribution in [0.2, 0.25) is 0 Å². The minimum atomic E-state index is -0.717. The van der Waals surface area contributed by atoms with Gasteiger partial charge in [0.05, 0.1) is 0 Å². The number of hydrogen-bond donors (Lipinski definition) is 1. The predicted molar refractivity (Wildman–Crippen MR) is 83.4 cm³/mol. The zero-order chi connectivity index (χ0) is 14.4. The maximum absolute atomic E-state index is 13.1. The van der Waals surface area contributed by atoms with Crippen molar-refractivity contribution in [3.63, 3.8) is 0 Å². The summed E-state index contributed by atoms with van der Waals surface area (Å²) in [4.78, 5) is 12.8. The number of benzene rings is 1. The van der Waals surface area contributed by atoms with E-state index in [4.69, 9.17) is 5.11 Å². The highest BCUT2D eigenvalue weighted by molar-refractivity contribution is 5.85. The molecule has 1 fully saturated rings. The van der Waals surface area contributed by atoms with E-state index in [0.29, 0.717) is 5.92 Å². The van der Waals surface area contributed by atoms with Gasteiger partial charge >= 0.3 is 5.97 Å². The van der Waals surface area contributed by atoms with E-state index in [1.807, 2.05) is 6.07 Å². The first-order chi connectivity index (χ1) is 9.63. The highest BCUT2D eigenvalue weighted by Crippen LogP contribution is 2.22. The molecule has 1 aromatic rings. The van der Waals surface area contributed by atoms with Crippen molar-refractivity contribution < 1.29 is 14.3 Å². The van der Waals surface area contributed by atoms with Gasteiger partial charge in [0.15, 0.2) is 0 Å². The summed E-state index contributed by atoms with van der Waals surface area (Å²) >= 11 is 0. The van der Waals surface area contributed by atoms with Crippen molar-refractivity contribution in [3.8, 4) is 0 Å². The molecular formula is C16H23ClFNO2. The molecule has 0 aliphatic carbocycles. The van der Waals surface area contributed by atoms with Crippen molar-refractivity contribution >= 4 is 18.4 Å². The highest BCUT2D eigenvalue weighted by atomic mass is 35.5. The van der Waals surface area contributed by atoms with Crippen molar-refractivity contribution in [3.05, 3.63) is 35.6 Å². The molecule has 2 rings (SSSR count). The fourth-order valence-corrected chi connectivity index (χ4v) is 2.87. The van der Waals surface area contributed by atoms with Gasteiger partial charge in [0.2, 0.25) is 0 Å². The van der Waals surface area contributed by atoms with E-state index in [0.717, 1.165) is 50.9 Å². The van der Waals surface area contributed by atoms with Gasteiger partial charge in [-0.1, -0.05) is 12.1 Å². The van der Waals surface area contributed by atoms with Gasteiger partial charge in [-0.05, 0) is 68.9 Å². The lowest BCUT2D eigenvalue weighted by Crippen LogP contribution is -2.35. The summed E-state index contributed by atoms with van der Waals surface area (Å²) in [5, 5.41) is 8.62. The topological polar surface area (TPSA) is 40.5 Å². The van der Waals surface area contributed by atoms with Crippen LogP contribution in [0.3, 0.4) is 0 Å². The number of piperidine rings is 1. The van der Waals surface area contributed by atoms with Crippen LogP contribution < -0.4 is 0 Å². The zero-order valence-electron chi connectivity index (χ0n) is 12.1. The Kier molecular flexibility index (Phi) is 7.68. The molecule has 0 saturated carbocycles. The van der Waals surface area contributed by atoms with Crippen LogP contribution in [0, 0.1) is 11.7 Å². The van der Waals surface area contributed by atoms with Gasteiger partial charge in [-0.25, -0.2) is 4.39 Å². The molecule has 1 aliphatic heterocycles. The zero-order valence-corrected chi connectivity index (χ0v) is 12.9. The van der Waals surface area contributed by atoms with E-state index in [9.17, 15) is 9.18 Å². The van der Waals surface area contributed by atoms with Crippen LogP contribution in [-0.4, -0.2) is 35.6 Å². The van der Waals surface area contributed by atoms with Crippen molar-refractivity contribution in [2.45, 2.75) is 32.1 Å². The first kappa shape index (κ1) is 17.9. The molecule has 0 radical (unpaired) electrons. The number of carboxylic acids is 1. The molecule has 0 unspecified atom stereocenters. The largest absolute Gasteiger partial charge is 0.481 e. The standard InChI is InChI=1S/C16H22FNO2.ClH/c17-15-4-1-3-14(12-15)11-13-6-9-18(10-7-13)8-2-5-16(19)20;/h1,3-4,12-13H,2,5-11H2,(H,19,20);1H. The Bertz CT molecular complexity index is 448. The Balaban J connectivity index is 0.00000220. The fraction of sp³-hybridized carbons (Fsp3) is 0.562. The van der Waals surface area contributed by atoms with Crippen LogP contribution in [0.25, 0.3) is 0 Å². The number of carbonyl (C=O) groups is 1. The third-order valence-corrected chi connectivity index (χ3v) is 3.99. The Morgan fingerprint density at radius 1 is 1.33 bits per heavy atom. The molecule has 0 atom stereocenters. The van der Waals surface area contributed by atoms with Crippen LogP contribution in [0.4, 0.5) is 4.39 Å². The SMILES string of the molecule is Cl.O=C(O)CCCN1CCC(Cc2cccc(F)c2)CC1. The average molecular weight is 316 g/mol. The van der Waals surface area contributed by atoms with Crippen molar-refractivity contribution in [2.24, 2.45) is 5.92 Å². The molecule has 3 nitrogen and oxygen atoms in total. The van der Waals surface area contributed by atoms with Crippen LogP contribution in [0.1, 0.15) is 31.2 Å². The van der Waals surface area contributed by atoms with Crippen molar-refractivity contribution in [2.75, 3.05) is 19.6 Å². The number of likely N-dealkylation sites (tertiary alicyclic amines) is 1. The predicted octanol–water partition coefficient (Wildman–Crippen LogP) is 3.37. The average Bonchev–Trinajstić information content (AvgIpc) is 2.40. The number of rotatable bonds is 6. The van der Waals surface area contributed by atoms with E-state index in [1.54, 1.807) is 12.1 Å². The smallest absolute Gasteiger partial charge is 0.303 e. The third kappa shape index (κ3) is 6.44. The maximum atomic E-state index is 13.1. The van der Waals surface area contributed by atoms with E-state index in [1.165, 1.54) is 6.07 Å². The molecule has 1 saturated heterocycles. The molecule has 0 bridgehead atoms. The van der Waals surface area contributed by atoms with E-state index in [2.05, 4.69) is 4.90 Å². The number of aliphatic carboxylic acids is 1. The summed E-state index contributed by atoms with van der Waals surface area (Å²) in [6.45, 7) is 2.93. The van der Waals surface area contributed by atoms with Gasteiger partial charge in [0.25, 0.3) is 0 Å². The molecule has 5 heteroatoms. The van der Waals surface area contributed by atoms with Gasteiger partial charge in [-0.2, -0.15) is 0 Å². The molecule has 0 aromatic heterocycles. The lowest BCUT2D eigenvalue weighted by Gasteiger charge is -2.31. The normalized spacial score (nSPS) is 16.4. The summed E-state index contributed by atoms with van der Waals surface area (Å²) in [6, 6.07) is 6.86. The van der Waals surface area contributed by atoms with E-state index in [-0.39, 0.29) is 24.6 Å². The number of halogens is 2. The van der Waals surface area contributed by atoms with Gasteiger partial charge < -0.3 is 10.0 Å². The number of nitrogens with zero attached hydrogens (tertiary/aromatic N) is 1. The second-order valence-electron chi connectivity index (χ2n) is 5.62. The summed E-state index contributed by atoms with van der Waals surface area (Å²) in [6.07, 6.45) is 4.15. The first-order valence-corrected chi connectivity index (χ1v) is 7.32. The highest BCUT2D eigenvalue weighted by Gasteiger charge is 2.19. The molecule has 1 aromatic carbocycles.